The molecule has 9 heteroatoms. The number of nitrogens with zero attached hydrogens (tertiary/aromatic N) is 2. The number of aliphatic carboxylic acids is 1. The quantitative estimate of drug-likeness (QED) is 0.421. The van der Waals surface area contributed by atoms with Gasteiger partial charge in [-0.1, -0.05) is 62.0 Å². The number of amides is 2. The number of carboxylic acid groups (broad SMARTS) is 1. The SMILES string of the molecule is CC(C)C[C@@H](NC(=O)C[C@H]1S\C(=N/N=C\C=C\c2ccccc2)NC1=O)C(=O)O. The van der Waals surface area contributed by atoms with Gasteiger partial charge in [0.1, 0.15) is 11.3 Å². The molecule has 0 aromatic heterocycles. The van der Waals surface area contributed by atoms with E-state index in [-0.39, 0.29) is 18.2 Å². The lowest BCUT2D eigenvalue weighted by molar-refractivity contribution is -0.142. The molecule has 1 fully saturated rings. The normalized spacial score (nSPS) is 19.2. The number of rotatable bonds is 9. The van der Waals surface area contributed by atoms with E-state index in [0.717, 1.165) is 17.3 Å². The van der Waals surface area contributed by atoms with Crippen molar-refractivity contribution >= 4 is 47.0 Å². The van der Waals surface area contributed by atoms with Crippen LogP contribution < -0.4 is 10.6 Å². The highest BCUT2D eigenvalue weighted by molar-refractivity contribution is 8.15. The second kappa shape index (κ2) is 11.2. The maximum Gasteiger partial charge on any atom is 0.326 e. The third-order valence-electron chi connectivity index (χ3n) is 3.88. The minimum Gasteiger partial charge on any atom is -0.480 e. The first-order valence-corrected chi connectivity index (χ1v) is 10.1. The number of allylic oxidation sites excluding steroid dienone is 1. The lowest BCUT2D eigenvalue weighted by Gasteiger charge is -2.17. The Bertz CT molecular complexity index is 821. The third-order valence-corrected chi connectivity index (χ3v) is 4.95. The number of hydrogen-bond donors (Lipinski definition) is 3. The molecule has 0 unspecified atom stereocenters. The molecular formula is C20H24N4O4S. The fourth-order valence-electron chi connectivity index (χ4n) is 2.54. The van der Waals surface area contributed by atoms with E-state index < -0.39 is 23.2 Å². The van der Waals surface area contributed by atoms with E-state index in [1.54, 1.807) is 6.08 Å². The molecule has 1 aliphatic heterocycles. The molecule has 29 heavy (non-hydrogen) atoms. The molecule has 3 N–H and O–H groups in total. The minimum atomic E-state index is -1.09. The van der Waals surface area contributed by atoms with E-state index in [9.17, 15) is 19.5 Å². The summed E-state index contributed by atoms with van der Waals surface area (Å²) < 4.78 is 0. The predicted molar refractivity (Wildman–Crippen MR) is 115 cm³/mol. The molecule has 1 saturated heterocycles. The Morgan fingerprint density at radius 2 is 2.03 bits per heavy atom. The van der Waals surface area contributed by atoms with Crippen molar-refractivity contribution in [3.05, 3.63) is 42.0 Å². The van der Waals surface area contributed by atoms with E-state index in [1.807, 2.05) is 50.3 Å². The first-order chi connectivity index (χ1) is 13.8. The van der Waals surface area contributed by atoms with Crippen LogP contribution in [-0.2, 0) is 14.4 Å². The van der Waals surface area contributed by atoms with Gasteiger partial charge < -0.3 is 15.7 Å². The fourth-order valence-corrected chi connectivity index (χ4v) is 3.47. The van der Waals surface area contributed by atoms with E-state index in [2.05, 4.69) is 20.8 Å². The Hall–Kier alpha value is -2.94. The van der Waals surface area contributed by atoms with Gasteiger partial charge in [-0.3, -0.25) is 9.59 Å². The van der Waals surface area contributed by atoms with Crippen LogP contribution in [0.3, 0.4) is 0 Å². The Balaban J connectivity index is 1.85. The van der Waals surface area contributed by atoms with Crippen LogP contribution in [0.1, 0.15) is 32.3 Å². The summed E-state index contributed by atoms with van der Waals surface area (Å²) in [6.45, 7) is 3.75. The minimum absolute atomic E-state index is 0.119. The zero-order chi connectivity index (χ0) is 21.2. The van der Waals surface area contributed by atoms with Crippen molar-refractivity contribution in [2.45, 2.75) is 38.0 Å². The van der Waals surface area contributed by atoms with Crippen LogP contribution in [0.4, 0.5) is 0 Å². The van der Waals surface area contributed by atoms with Crippen molar-refractivity contribution in [2.24, 2.45) is 16.1 Å². The van der Waals surface area contributed by atoms with Gasteiger partial charge in [0.25, 0.3) is 0 Å². The molecule has 0 saturated carbocycles. The number of hydrogen-bond acceptors (Lipinski definition) is 6. The van der Waals surface area contributed by atoms with Crippen molar-refractivity contribution in [2.75, 3.05) is 0 Å². The highest BCUT2D eigenvalue weighted by Gasteiger charge is 2.33. The maximum absolute atomic E-state index is 12.1. The summed E-state index contributed by atoms with van der Waals surface area (Å²) in [5.41, 5.74) is 1.03. The fraction of sp³-hybridized carbons (Fsp3) is 0.350. The van der Waals surface area contributed by atoms with Gasteiger partial charge in [0, 0.05) is 12.6 Å². The van der Waals surface area contributed by atoms with Crippen molar-refractivity contribution in [1.29, 1.82) is 0 Å². The molecule has 1 heterocycles. The Morgan fingerprint density at radius 1 is 1.31 bits per heavy atom. The van der Waals surface area contributed by atoms with E-state index in [4.69, 9.17) is 0 Å². The first kappa shape index (κ1) is 22.4. The van der Waals surface area contributed by atoms with Crippen LogP contribution in [0.5, 0.6) is 0 Å². The second-order valence-electron chi connectivity index (χ2n) is 6.83. The summed E-state index contributed by atoms with van der Waals surface area (Å²) in [5.74, 6) is -1.81. The number of carbonyl (C=O) groups excluding carboxylic acids is 2. The lowest BCUT2D eigenvalue weighted by Crippen LogP contribution is -2.43. The molecular weight excluding hydrogens is 392 g/mol. The van der Waals surface area contributed by atoms with Crippen LogP contribution >= 0.6 is 11.8 Å². The lowest BCUT2D eigenvalue weighted by atomic mass is 10.0. The van der Waals surface area contributed by atoms with Gasteiger partial charge in [0.2, 0.25) is 11.8 Å². The number of carboxylic acids is 1. The second-order valence-corrected chi connectivity index (χ2v) is 8.02. The molecule has 1 aromatic rings. The third kappa shape index (κ3) is 7.90. The molecule has 154 valence electrons. The molecule has 0 aliphatic carbocycles. The smallest absolute Gasteiger partial charge is 0.326 e. The predicted octanol–water partition coefficient (Wildman–Crippen LogP) is 2.28. The Morgan fingerprint density at radius 3 is 2.69 bits per heavy atom. The molecule has 2 amide bonds. The average Bonchev–Trinajstić information content (AvgIpc) is 3.00. The highest BCUT2D eigenvalue weighted by Crippen LogP contribution is 2.22. The van der Waals surface area contributed by atoms with Crippen molar-refractivity contribution in [3.63, 3.8) is 0 Å². The van der Waals surface area contributed by atoms with Gasteiger partial charge in [0.05, 0.1) is 0 Å². The standard InChI is InChI=1S/C20H24N4O4S/c1-13(2)11-15(19(27)28)22-17(25)12-16-18(26)23-20(29-16)24-21-10-6-9-14-7-4-3-5-8-14/h3-10,13,15-16H,11-12H2,1-2H3,(H,22,25)(H,27,28)(H,23,24,26)/b9-6+,21-10-/t15-,16-/m1/s1. The summed E-state index contributed by atoms with van der Waals surface area (Å²) in [5, 5.41) is 21.7. The summed E-state index contributed by atoms with van der Waals surface area (Å²) >= 11 is 1.09. The van der Waals surface area contributed by atoms with Gasteiger partial charge in [-0.2, -0.15) is 5.10 Å². The molecule has 0 spiro atoms. The van der Waals surface area contributed by atoms with Crippen molar-refractivity contribution in [3.8, 4) is 0 Å². The van der Waals surface area contributed by atoms with Crippen LogP contribution in [0, 0.1) is 5.92 Å². The molecule has 1 aliphatic rings. The van der Waals surface area contributed by atoms with E-state index >= 15 is 0 Å². The van der Waals surface area contributed by atoms with Gasteiger partial charge >= 0.3 is 5.97 Å². The molecule has 2 atom stereocenters. The maximum atomic E-state index is 12.1. The van der Waals surface area contributed by atoms with E-state index in [1.165, 1.54) is 6.21 Å². The monoisotopic (exact) mass is 416 g/mol. The first-order valence-electron chi connectivity index (χ1n) is 9.17. The number of carbonyl (C=O) groups is 3. The molecule has 8 nitrogen and oxygen atoms in total. The van der Waals surface area contributed by atoms with Crippen molar-refractivity contribution < 1.29 is 19.5 Å². The Labute approximate surface area is 173 Å². The average molecular weight is 417 g/mol. The number of amidine groups is 1. The zero-order valence-electron chi connectivity index (χ0n) is 16.2. The van der Waals surface area contributed by atoms with Gasteiger partial charge in [-0.05, 0) is 24.0 Å². The molecule has 2 rings (SSSR count). The molecule has 0 radical (unpaired) electrons. The van der Waals surface area contributed by atoms with Gasteiger partial charge in [0.15, 0.2) is 5.17 Å². The topological polar surface area (TPSA) is 120 Å². The number of nitrogens with one attached hydrogen (secondary N) is 2. The van der Waals surface area contributed by atoms with E-state index in [0.29, 0.717) is 11.6 Å². The molecule has 0 bridgehead atoms. The highest BCUT2D eigenvalue weighted by atomic mass is 32.2. The summed E-state index contributed by atoms with van der Waals surface area (Å²) in [4.78, 5) is 35.4. The van der Waals surface area contributed by atoms with Crippen LogP contribution in [0.2, 0.25) is 0 Å². The van der Waals surface area contributed by atoms with Gasteiger partial charge in [-0.15, -0.1) is 5.10 Å². The Kier molecular flexibility index (Phi) is 8.60. The van der Waals surface area contributed by atoms with Crippen LogP contribution in [-0.4, -0.2) is 45.6 Å². The number of thioether (sulfide) groups is 1. The van der Waals surface area contributed by atoms with Crippen molar-refractivity contribution in [1.82, 2.24) is 10.6 Å². The molecule has 1 aromatic carbocycles. The number of benzene rings is 1. The summed E-state index contributed by atoms with van der Waals surface area (Å²) in [7, 11) is 0. The van der Waals surface area contributed by atoms with Crippen LogP contribution in [0.25, 0.3) is 6.08 Å². The summed E-state index contributed by atoms with van der Waals surface area (Å²) in [6.07, 6.45) is 5.29. The zero-order valence-corrected chi connectivity index (χ0v) is 17.1. The summed E-state index contributed by atoms with van der Waals surface area (Å²) in [6, 6.07) is 8.73. The van der Waals surface area contributed by atoms with Gasteiger partial charge in [-0.25, -0.2) is 4.79 Å². The largest absolute Gasteiger partial charge is 0.480 e. The van der Waals surface area contributed by atoms with Crippen LogP contribution in [0.15, 0.2) is 46.6 Å².